The van der Waals surface area contributed by atoms with Gasteiger partial charge in [0.15, 0.2) is 0 Å². The summed E-state index contributed by atoms with van der Waals surface area (Å²) in [6, 6.07) is 15.6. The van der Waals surface area contributed by atoms with E-state index in [0.29, 0.717) is 6.04 Å². The molecule has 0 amide bonds. The van der Waals surface area contributed by atoms with Crippen LogP contribution in [0, 0.1) is 0 Å². The molecule has 2 fully saturated rings. The molecule has 0 unspecified atom stereocenters. The summed E-state index contributed by atoms with van der Waals surface area (Å²) < 4.78 is 0. The number of hydrogen-bond acceptors (Lipinski definition) is 4. The van der Waals surface area contributed by atoms with Crippen LogP contribution in [0.1, 0.15) is 12.0 Å². The average Bonchev–Trinajstić information content (AvgIpc) is 2.63. The van der Waals surface area contributed by atoms with Gasteiger partial charge in [-0.25, -0.2) is 0 Å². The van der Waals surface area contributed by atoms with Gasteiger partial charge in [0, 0.05) is 51.9 Å². The summed E-state index contributed by atoms with van der Waals surface area (Å²) in [7, 11) is 2.18. The van der Waals surface area contributed by atoms with Crippen LogP contribution in [0.5, 0.6) is 0 Å². The molecule has 25 heavy (non-hydrogen) atoms. The smallest absolute Gasteiger partial charge is 0.0822 e. The normalized spacial score (nSPS) is 27.0. The van der Waals surface area contributed by atoms with E-state index in [-0.39, 0.29) is 6.10 Å². The summed E-state index contributed by atoms with van der Waals surface area (Å²) in [6.45, 7) is 7.18. The molecule has 0 radical (unpaired) electrons. The van der Waals surface area contributed by atoms with Gasteiger partial charge in [0.2, 0.25) is 0 Å². The SMILES string of the molecule is CN1CCN([C@@H]2CCN(Cc3ccc4ccccc4c3)C[C@H]2O)CC1. The number of piperidine rings is 1. The molecule has 2 atom stereocenters. The van der Waals surface area contributed by atoms with Gasteiger partial charge in [0.25, 0.3) is 0 Å². The Morgan fingerprint density at radius 1 is 0.960 bits per heavy atom. The number of hydrogen-bond donors (Lipinski definition) is 1. The van der Waals surface area contributed by atoms with Crippen LogP contribution in [0.2, 0.25) is 0 Å². The van der Waals surface area contributed by atoms with Crippen molar-refractivity contribution >= 4 is 10.8 Å². The van der Waals surface area contributed by atoms with Crippen molar-refractivity contribution in [2.45, 2.75) is 25.1 Å². The summed E-state index contributed by atoms with van der Waals surface area (Å²) in [5.74, 6) is 0. The third kappa shape index (κ3) is 3.87. The number of aliphatic hydroxyl groups is 1. The van der Waals surface area contributed by atoms with Crippen molar-refractivity contribution in [1.82, 2.24) is 14.7 Å². The number of fused-ring (bicyclic) bond motifs is 1. The molecule has 0 spiro atoms. The summed E-state index contributed by atoms with van der Waals surface area (Å²) in [5.41, 5.74) is 1.34. The molecule has 4 heteroatoms. The fraction of sp³-hybridized carbons (Fsp3) is 0.524. The summed E-state index contributed by atoms with van der Waals surface area (Å²) in [6.07, 6.45) is 0.830. The Hall–Kier alpha value is -1.46. The Morgan fingerprint density at radius 2 is 1.72 bits per heavy atom. The van der Waals surface area contributed by atoms with E-state index < -0.39 is 0 Å². The van der Waals surface area contributed by atoms with Gasteiger partial charge in [-0.2, -0.15) is 0 Å². The molecular formula is C21H29N3O. The van der Waals surface area contributed by atoms with Crippen LogP contribution < -0.4 is 0 Å². The van der Waals surface area contributed by atoms with E-state index in [4.69, 9.17) is 0 Å². The molecule has 0 aromatic heterocycles. The van der Waals surface area contributed by atoms with E-state index in [0.717, 1.165) is 52.2 Å². The van der Waals surface area contributed by atoms with Crippen molar-refractivity contribution in [1.29, 1.82) is 0 Å². The van der Waals surface area contributed by atoms with Gasteiger partial charge in [0.05, 0.1) is 6.10 Å². The fourth-order valence-corrected chi connectivity index (χ4v) is 4.30. The van der Waals surface area contributed by atoms with Gasteiger partial charge < -0.3 is 10.0 Å². The van der Waals surface area contributed by atoms with Crippen molar-refractivity contribution < 1.29 is 5.11 Å². The van der Waals surface area contributed by atoms with Crippen LogP contribution >= 0.6 is 0 Å². The maximum Gasteiger partial charge on any atom is 0.0822 e. The molecule has 1 N–H and O–H groups in total. The molecule has 2 aliphatic heterocycles. The molecule has 0 aliphatic carbocycles. The number of nitrogens with zero attached hydrogens (tertiary/aromatic N) is 3. The predicted molar refractivity (Wildman–Crippen MR) is 103 cm³/mol. The van der Waals surface area contributed by atoms with Crippen molar-refractivity contribution in [3.63, 3.8) is 0 Å². The van der Waals surface area contributed by atoms with Crippen LogP contribution in [0.15, 0.2) is 42.5 Å². The Kier molecular flexibility index (Phi) is 5.04. The zero-order valence-electron chi connectivity index (χ0n) is 15.1. The minimum absolute atomic E-state index is 0.238. The number of likely N-dealkylation sites (tertiary alicyclic amines) is 1. The Bertz CT molecular complexity index is 711. The summed E-state index contributed by atoms with van der Waals surface area (Å²) in [4.78, 5) is 7.27. The lowest BCUT2D eigenvalue weighted by molar-refractivity contribution is -0.0286. The lowest BCUT2D eigenvalue weighted by Gasteiger charge is -2.44. The zero-order chi connectivity index (χ0) is 17.2. The highest BCUT2D eigenvalue weighted by Crippen LogP contribution is 2.22. The Morgan fingerprint density at radius 3 is 2.48 bits per heavy atom. The van der Waals surface area contributed by atoms with Crippen LogP contribution in [0.25, 0.3) is 10.8 Å². The maximum absolute atomic E-state index is 10.7. The number of likely N-dealkylation sites (N-methyl/N-ethyl adjacent to an activating group) is 1. The molecule has 134 valence electrons. The second-order valence-corrected chi connectivity index (χ2v) is 7.68. The van der Waals surface area contributed by atoms with E-state index >= 15 is 0 Å². The van der Waals surface area contributed by atoms with Gasteiger partial charge in [0.1, 0.15) is 0 Å². The van der Waals surface area contributed by atoms with Crippen LogP contribution in [0.3, 0.4) is 0 Å². The first-order valence-corrected chi connectivity index (χ1v) is 9.50. The van der Waals surface area contributed by atoms with Gasteiger partial charge >= 0.3 is 0 Å². The largest absolute Gasteiger partial charge is 0.390 e. The van der Waals surface area contributed by atoms with Crippen LogP contribution in [-0.4, -0.2) is 78.3 Å². The molecule has 2 aromatic carbocycles. The fourth-order valence-electron chi connectivity index (χ4n) is 4.30. The number of aliphatic hydroxyl groups excluding tert-OH is 1. The number of β-amino-alcohol motifs (C(OH)–C–C–N with tert-alkyl or cyclic N) is 1. The standard InChI is InChI=1S/C21H29N3O/c1-22-10-12-24(13-11-22)20-8-9-23(16-21(20)25)15-17-6-7-18-4-2-3-5-19(18)14-17/h2-7,14,20-21,25H,8-13,15-16H2,1H3/t20-,21-/m1/s1. The third-order valence-corrected chi connectivity index (χ3v) is 5.86. The van der Waals surface area contributed by atoms with E-state index in [2.05, 4.69) is 64.2 Å². The quantitative estimate of drug-likeness (QED) is 0.927. The van der Waals surface area contributed by atoms with Crippen molar-refractivity contribution in [3.8, 4) is 0 Å². The third-order valence-electron chi connectivity index (χ3n) is 5.86. The first kappa shape index (κ1) is 17.0. The highest BCUT2D eigenvalue weighted by Gasteiger charge is 2.33. The first-order chi connectivity index (χ1) is 12.2. The lowest BCUT2D eigenvalue weighted by atomic mass is 9.98. The number of benzene rings is 2. The molecule has 4 rings (SSSR count). The summed E-state index contributed by atoms with van der Waals surface area (Å²) >= 11 is 0. The molecule has 2 aromatic rings. The molecule has 0 saturated carbocycles. The molecule has 0 bridgehead atoms. The topological polar surface area (TPSA) is 30.0 Å². The molecule has 4 nitrogen and oxygen atoms in total. The maximum atomic E-state index is 10.7. The minimum Gasteiger partial charge on any atom is -0.390 e. The zero-order valence-corrected chi connectivity index (χ0v) is 15.1. The van der Waals surface area contributed by atoms with E-state index in [1.165, 1.54) is 16.3 Å². The molecule has 2 saturated heterocycles. The molecule has 2 aliphatic rings. The monoisotopic (exact) mass is 339 g/mol. The van der Waals surface area contributed by atoms with E-state index in [1.807, 2.05) is 0 Å². The van der Waals surface area contributed by atoms with Gasteiger partial charge in [-0.05, 0) is 35.9 Å². The van der Waals surface area contributed by atoms with Crippen molar-refractivity contribution in [2.24, 2.45) is 0 Å². The Balaban J connectivity index is 1.37. The Labute approximate surface area is 150 Å². The van der Waals surface area contributed by atoms with E-state index in [1.54, 1.807) is 0 Å². The van der Waals surface area contributed by atoms with E-state index in [9.17, 15) is 5.11 Å². The highest BCUT2D eigenvalue weighted by atomic mass is 16.3. The average molecular weight is 339 g/mol. The van der Waals surface area contributed by atoms with Crippen LogP contribution in [0.4, 0.5) is 0 Å². The van der Waals surface area contributed by atoms with Crippen molar-refractivity contribution in [2.75, 3.05) is 46.3 Å². The first-order valence-electron chi connectivity index (χ1n) is 9.50. The predicted octanol–water partition coefficient (Wildman–Crippen LogP) is 2.02. The number of piperazine rings is 1. The minimum atomic E-state index is -0.238. The highest BCUT2D eigenvalue weighted by molar-refractivity contribution is 5.82. The molecule has 2 heterocycles. The van der Waals surface area contributed by atoms with Gasteiger partial charge in [-0.15, -0.1) is 0 Å². The summed E-state index contributed by atoms with van der Waals surface area (Å²) in [5, 5.41) is 13.3. The van der Waals surface area contributed by atoms with Gasteiger partial charge in [-0.3, -0.25) is 9.80 Å². The lowest BCUT2D eigenvalue weighted by Crippen LogP contribution is -2.58. The van der Waals surface area contributed by atoms with Crippen molar-refractivity contribution in [3.05, 3.63) is 48.0 Å². The molecular weight excluding hydrogens is 310 g/mol. The second kappa shape index (κ2) is 7.42. The second-order valence-electron chi connectivity index (χ2n) is 7.68. The van der Waals surface area contributed by atoms with Crippen LogP contribution in [-0.2, 0) is 6.54 Å². The van der Waals surface area contributed by atoms with Gasteiger partial charge in [-0.1, -0.05) is 36.4 Å². The number of rotatable bonds is 3.